The van der Waals surface area contributed by atoms with Crippen molar-refractivity contribution in [3.63, 3.8) is 0 Å². The molecular weight excluding hydrogens is 383 g/mol. The van der Waals surface area contributed by atoms with Gasteiger partial charge in [0.05, 0.1) is 20.5 Å². The Morgan fingerprint density at radius 3 is 1.14 bits per heavy atom. The van der Waals surface area contributed by atoms with Crippen LogP contribution in [0.4, 0.5) is 0 Å². The van der Waals surface area contributed by atoms with Crippen molar-refractivity contribution in [2.75, 3.05) is 35.5 Å². The summed E-state index contributed by atoms with van der Waals surface area (Å²) in [4.78, 5) is 0. The smallest absolute Gasteiger partial charge is 0.121 e. The Labute approximate surface area is 138 Å². The molecule has 0 aliphatic heterocycles. The monoisotopic (exact) mass is 406 g/mol. The summed E-state index contributed by atoms with van der Waals surface area (Å²) < 4.78 is 73.4. The Bertz CT molecular complexity index is 306. The summed E-state index contributed by atoms with van der Waals surface area (Å²) in [5, 5.41) is 0. The van der Waals surface area contributed by atoms with Crippen LogP contribution in [0.25, 0.3) is 0 Å². The van der Waals surface area contributed by atoms with E-state index in [1.54, 1.807) is 26.4 Å². The van der Waals surface area contributed by atoms with Crippen molar-refractivity contribution in [2.45, 2.75) is 26.7 Å². The summed E-state index contributed by atoms with van der Waals surface area (Å²) in [6.45, 7) is 3.48. The van der Waals surface area contributed by atoms with Gasteiger partial charge in [-0.3, -0.25) is 0 Å². The van der Waals surface area contributed by atoms with Gasteiger partial charge in [0.2, 0.25) is 0 Å². The van der Waals surface area contributed by atoms with Gasteiger partial charge in [0.1, 0.15) is 7.47 Å². The van der Waals surface area contributed by atoms with E-state index < -0.39 is 41.1 Å². The van der Waals surface area contributed by atoms with Gasteiger partial charge in [0.15, 0.2) is 0 Å². The third-order valence-electron chi connectivity index (χ3n) is 3.08. The second kappa shape index (κ2) is 8.88. The first-order valence-corrected chi connectivity index (χ1v) is 13.5. The molecule has 2 unspecified atom stereocenters. The van der Waals surface area contributed by atoms with Gasteiger partial charge in [-0.1, -0.05) is 13.8 Å². The normalized spacial score (nSPS) is 21.7. The highest BCUT2D eigenvalue weighted by Crippen LogP contribution is 2.50. The lowest BCUT2D eigenvalue weighted by molar-refractivity contribution is -1.91. The van der Waals surface area contributed by atoms with Crippen molar-refractivity contribution in [3.8, 4) is 0 Å². The second-order valence-corrected chi connectivity index (χ2v) is 14.2. The minimum Gasteiger partial charge on any atom is -0.182 e. The first-order valence-electron chi connectivity index (χ1n) is 6.45. The molecule has 0 spiro atoms. The van der Waals surface area contributed by atoms with Crippen molar-refractivity contribution in [1.82, 2.24) is 0 Å². The van der Waals surface area contributed by atoms with Gasteiger partial charge in [-0.2, -0.15) is 28.0 Å². The molecule has 0 radical (unpaired) electrons. The van der Waals surface area contributed by atoms with Crippen molar-refractivity contribution < 1.29 is 55.9 Å². The Kier molecular flexibility index (Phi) is 9.27. The van der Waals surface area contributed by atoms with Gasteiger partial charge in [-0.05, 0) is 12.8 Å². The summed E-state index contributed by atoms with van der Waals surface area (Å²) in [5.74, 6) is 1.64. The van der Waals surface area contributed by atoms with Gasteiger partial charge in [-0.25, -0.2) is 0 Å². The van der Waals surface area contributed by atoms with Crippen LogP contribution >= 0.6 is 20.6 Å². The number of halogens is 2. The fraction of sp³-hybridized carbons (Fsp3) is 1.00. The van der Waals surface area contributed by atoms with E-state index >= 15 is 0 Å². The highest BCUT2D eigenvalue weighted by atomic mass is 35.7. The number of rotatable bonds is 11. The quantitative estimate of drug-likeness (QED) is 0.317. The predicted molar refractivity (Wildman–Crippen MR) is 69.3 cm³/mol. The van der Waals surface area contributed by atoms with Crippen LogP contribution in [0.5, 0.6) is 0 Å². The van der Waals surface area contributed by atoms with E-state index in [1.165, 1.54) is 0 Å². The summed E-state index contributed by atoms with van der Waals surface area (Å²) in [7, 11) is -13.0. The van der Waals surface area contributed by atoms with E-state index in [0.29, 0.717) is 35.9 Å². The van der Waals surface area contributed by atoms with Crippen LogP contribution in [0.3, 0.4) is 0 Å². The summed E-state index contributed by atoms with van der Waals surface area (Å²) in [6, 6.07) is 0. The van der Waals surface area contributed by atoms with Crippen LogP contribution in [-0.4, -0.2) is 35.5 Å². The van der Waals surface area contributed by atoms with Gasteiger partial charge in [-0.15, -0.1) is 0 Å². The number of unbranched alkanes of at least 4 members (excludes halogenated alkanes) is 1. The molecule has 0 aromatic carbocycles. The molecule has 0 amide bonds. The lowest BCUT2D eigenvalue weighted by Gasteiger charge is -2.31. The highest BCUT2D eigenvalue weighted by Gasteiger charge is 2.36. The second-order valence-electron chi connectivity index (χ2n) is 4.94. The molecule has 2 atom stereocenters. The van der Waals surface area contributed by atoms with Crippen molar-refractivity contribution >= 4 is 20.6 Å². The first-order chi connectivity index (χ1) is 9.74. The molecule has 0 rings (SSSR count). The SMILES string of the molecule is CCS(C)(CCCCS(C)(CC)O[Cl+3]([O-])([O-])[O-])O[Cl+3]([O-])([O-])[O-]. The van der Waals surface area contributed by atoms with E-state index in [1.807, 2.05) is 0 Å². The number of hydrogen-bond acceptors (Lipinski definition) is 8. The third-order valence-corrected chi connectivity index (χ3v) is 11.5. The van der Waals surface area contributed by atoms with Crippen LogP contribution in [0.15, 0.2) is 0 Å². The fourth-order valence-corrected chi connectivity index (χ4v) is 8.03. The molecule has 0 aliphatic carbocycles. The highest BCUT2D eigenvalue weighted by molar-refractivity contribution is 8.29. The summed E-state index contributed by atoms with van der Waals surface area (Å²) >= 11 is 0. The van der Waals surface area contributed by atoms with E-state index in [-0.39, 0.29) is 0 Å². The lowest BCUT2D eigenvalue weighted by Crippen LogP contribution is -2.61. The lowest BCUT2D eigenvalue weighted by atomic mass is 10.4. The molecule has 0 bridgehead atoms. The molecular formula is C10H24Cl2O8S2. The fourth-order valence-electron chi connectivity index (χ4n) is 1.63. The van der Waals surface area contributed by atoms with Crippen LogP contribution in [0.1, 0.15) is 26.7 Å². The Morgan fingerprint density at radius 2 is 0.955 bits per heavy atom. The van der Waals surface area contributed by atoms with Gasteiger partial charge < -0.3 is 0 Å². The van der Waals surface area contributed by atoms with E-state index in [0.717, 1.165) is 0 Å². The molecule has 0 aliphatic rings. The molecule has 0 saturated carbocycles. The van der Waals surface area contributed by atoms with Gasteiger partial charge >= 0.3 is 0 Å². The topological polar surface area (TPSA) is 157 Å². The van der Waals surface area contributed by atoms with Crippen LogP contribution in [0, 0.1) is 20.5 Å². The zero-order valence-electron chi connectivity index (χ0n) is 13.1. The maximum absolute atomic E-state index is 10.7. The minimum atomic E-state index is -4.46. The van der Waals surface area contributed by atoms with E-state index in [2.05, 4.69) is 7.47 Å². The zero-order valence-corrected chi connectivity index (χ0v) is 16.2. The first kappa shape index (κ1) is 23.0. The standard InChI is InChI=1S/C10H24Cl2O8S2/c1-5-21(3,19-11(13,14)15)9-7-8-10-22(4,6-2)20-12(16,17)18/h5-10H2,1-4H3. The molecule has 138 valence electrons. The average Bonchev–Trinajstić information content (AvgIpc) is 2.31. The number of hydrogen-bond donors (Lipinski definition) is 0. The molecule has 0 aromatic rings. The van der Waals surface area contributed by atoms with E-state index in [9.17, 15) is 28.0 Å². The molecule has 0 heterocycles. The maximum atomic E-state index is 10.7. The minimum absolute atomic E-state index is 0.402. The summed E-state index contributed by atoms with van der Waals surface area (Å²) in [5.41, 5.74) is 0. The molecule has 0 aromatic heterocycles. The molecule has 8 nitrogen and oxygen atoms in total. The van der Waals surface area contributed by atoms with Gasteiger partial charge in [0.25, 0.3) is 0 Å². The Morgan fingerprint density at radius 1 is 0.682 bits per heavy atom. The zero-order chi connectivity index (χ0) is 17.7. The van der Waals surface area contributed by atoms with Crippen LogP contribution in [0.2, 0.25) is 0 Å². The average molecular weight is 407 g/mol. The molecule has 0 saturated heterocycles. The molecule has 12 heteroatoms. The van der Waals surface area contributed by atoms with Crippen LogP contribution in [-0.2, 0) is 7.47 Å². The maximum Gasteiger partial charge on any atom is 0.121 e. The Hall–Kier alpha value is 0.960. The molecule has 22 heavy (non-hydrogen) atoms. The third kappa shape index (κ3) is 10.7. The predicted octanol–water partition coefficient (Wildman–Crippen LogP) is -3.67. The van der Waals surface area contributed by atoms with Gasteiger partial charge in [0, 0.05) is 56.1 Å². The molecule has 0 fully saturated rings. The van der Waals surface area contributed by atoms with Crippen molar-refractivity contribution in [2.24, 2.45) is 0 Å². The van der Waals surface area contributed by atoms with Crippen molar-refractivity contribution in [1.29, 1.82) is 0 Å². The Balaban J connectivity index is 4.38. The largest absolute Gasteiger partial charge is 0.182 e. The molecule has 0 N–H and O–H groups in total. The van der Waals surface area contributed by atoms with Crippen molar-refractivity contribution in [3.05, 3.63) is 0 Å². The van der Waals surface area contributed by atoms with E-state index in [4.69, 9.17) is 0 Å². The van der Waals surface area contributed by atoms with Crippen LogP contribution < -0.4 is 28.0 Å². The summed E-state index contributed by atoms with van der Waals surface area (Å²) in [6.07, 6.45) is 4.32.